The van der Waals surface area contributed by atoms with Gasteiger partial charge in [-0.1, -0.05) is 0 Å². The Bertz CT molecular complexity index is 471. The predicted octanol–water partition coefficient (Wildman–Crippen LogP) is -0.853. The predicted molar refractivity (Wildman–Crippen MR) is 47.3 cm³/mol. The van der Waals surface area contributed by atoms with Crippen molar-refractivity contribution in [1.29, 1.82) is 0 Å². The Hall–Kier alpha value is -1.69. The van der Waals surface area contributed by atoms with Crippen LogP contribution in [0.25, 0.3) is 11.0 Å². The van der Waals surface area contributed by atoms with E-state index < -0.39 is 0 Å². The lowest BCUT2D eigenvalue weighted by Crippen LogP contribution is -2.09. The van der Waals surface area contributed by atoms with Gasteiger partial charge in [-0.3, -0.25) is 9.89 Å². The summed E-state index contributed by atoms with van der Waals surface area (Å²) in [5.74, 6) is 0. The van der Waals surface area contributed by atoms with Crippen LogP contribution in [0.15, 0.2) is 11.1 Å². The van der Waals surface area contributed by atoms with Gasteiger partial charge in [-0.05, 0) is 6.54 Å². The molecule has 2 aromatic heterocycles. The maximum absolute atomic E-state index is 11.3. The van der Waals surface area contributed by atoms with Gasteiger partial charge in [0.05, 0.1) is 12.0 Å². The van der Waals surface area contributed by atoms with Crippen molar-refractivity contribution in [3.8, 4) is 0 Å². The molecule has 0 aliphatic rings. The first-order valence-corrected chi connectivity index (χ1v) is 3.93. The zero-order valence-corrected chi connectivity index (χ0v) is 6.87. The lowest BCUT2D eigenvalue weighted by molar-refractivity contribution is 0.907. The molecule has 0 atom stereocenters. The summed E-state index contributed by atoms with van der Waals surface area (Å²) in [6.07, 6.45) is 1.93. The van der Waals surface area contributed by atoms with Crippen LogP contribution >= 0.6 is 0 Å². The number of hydrogen-bond donors (Lipinski definition) is 3. The number of nitrogens with one attached hydrogen (secondary N) is 2. The summed E-state index contributed by atoms with van der Waals surface area (Å²) in [6, 6.07) is 0. The second-order valence-corrected chi connectivity index (χ2v) is 2.67. The van der Waals surface area contributed by atoms with E-state index in [2.05, 4.69) is 20.2 Å². The average molecular weight is 179 g/mol. The Morgan fingerprint density at radius 3 is 3.15 bits per heavy atom. The van der Waals surface area contributed by atoms with Crippen LogP contribution in [0.4, 0.5) is 0 Å². The van der Waals surface area contributed by atoms with Crippen molar-refractivity contribution >= 4 is 11.0 Å². The van der Waals surface area contributed by atoms with Crippen LogP contribution < -0.4 is 11.3 Å². The molecule has 0 fully saturated rings. The fourth-order valence-corrected chi connectivity index (χ4v) is 1.25. The smallest absolute Gasteiger partial charge is 0.262 e. The van der Waals surface area contributed by atoms with Crippen LogP contribution in [-0.2, 0) is 6.42 Å². The molecule has 13 heavy (non-hydrogen) atoms. The summed E-state index contributed by atoms with van der Waals surface area (Å²) in [7, 11) is 0. The van der Waals surface area contributed by atoms with Crippen molar-refractivity contribution in [3.05, 3.63) is 22.4 Å². The van der Waals surface area contributed by atoms with E-state index in [0.29, 0.717) is 24.0 Å². The van der Waals surface area contributed by atoms with E-state index >= 15 is 0 Å². The van der Waals surface area contributed by atoms with Crippen molar-refractivity contribution in [3.63, 3.8) is 0 Å². The number of nitrogens with zero attached hydrogens (tertiary/aromatic N) is 2. The molecule has 2 aromatic rings. The van der Waals surface area contributed by atoms with E-state index in [1.165, 1.54) is 6.33 Å². The second-order valence-electron chi connectivity index (χ2n) is 2.67. The van der Waals surface area contributed by atoms with E-state index in [4.69, 9.17) is 5.73 Å². The van der Waals surface area contributed by atoms with Crippen LogP contribution in [0.5, 0.6) is 0 Å². The van der Waals surface area contributed by atoms with Gasteiger partial charge in [-0.15, -0.1) is 0 Å². The van der Waals surface area contributed by atoms with Crippen molar-refractivity contribution in [2.75, 3.05) is 6.54 Å². The molecule has 0 aliphatic carbocycles. The number of rotatable bonds is 2. The second kappa shape index (κ2) is 2.98. The monoisotopic (exact) mass is 179 g/mol. The molecule has 6 nitrogen and oxygen atoms in total. The first kappa shape index (κ1) is 7.93. The standard InChI is InChI=1S/C7H9N5O/c8-2-1-4-5-6(12-11-4)9-3-10-7(5)13/h3H,1-2,8H2,(H2,9,10,11,12,13). The minimum atomic E-state index is -0.179. The summed E-state index contributed by atoms with van der Waals surface area (Å²) in [4.78, 5) is 17.7. The number of fused-ring (bicyclic) bond motifs is 1. The molecular formula is C7H9N5O. The minimum absolute atomic E-state index is 0.179. The molecule has 6 heteroatoms. The fourth-order valence-electron chi connectivity index (χ4n) is 1.25. The summed E-state index contributed by atoms with van der Waals surface area (Å²) in [5.41, 5.74) is 6.38. The molecule has 0 aliphatic heterocycles. The summed E-state index contributed by atoms with van der Waals surface area (Å²) < 4.78 is 0. The lowest BCUT2D eigenvalue weighted by Gasteiger charge is -1.91. The van der Waals surface area contributed by atoms with Gasteiger partial charge in [0.25, 0.3) is 5.56 Å². The Labute approximate surface area is 73.2 Å². The topological polar surface area (TPSA) is 100 Å². The van der Waals surface area contributed by atoms with E-state index in [9.17, 15) is 4.79 Å². The Kier molecular flexibility index (Phi) is 1.82. The zero-order chi connectivity index (χ0) is 9.26. The number of hydrogen-bond acceptors (Lipinski definition) is 4. The third-order valence-electron chi connectivity index (χ3n) is 1.83. The van der Waals surface area contributed by atoms with Gasteiger partial charge in [0.2, 0.25) is 0 Å². The molecule has 0 radical (unpaired) electrons. The highest BCUT2D eigenvalue weighted by Gasteiger charge is 2.08. The van der Waals surface area contributed by atoms with Gasteiger partial charge >= 0.3 is 0 Å². The average Bonchev–Trinajstić information content (AvgIpc) is 2.51. The summed E-state index contributed by atoms with van der Waals surface area (Å²) in [5, 5.41) is 7.14. The van der Waals surface area contributed by atoms with Crippen molar-refractivity contribution in [2.45, 2.75) is 6.42 Å². The van der Waals surface area contributed by atoms with Crippen molar-refractivity contribution < 1.29 is 0 Å². The van der Waals surface area contributed by atoms with Gasteiger partial charge < -0.3 is 10.7 Å². The van der Waals surface area contributed by atoms with Crippen molar-refractivity contribution in [1.82, 2.24) is 20.2 Å². The van der Waals surface area contributed by atoms with Gasteiger partial charge in [-0.25, -0.2) is 4.98 Å². The quantitative estimate of drug-likeness (QED) is 0.558. The van der Waals surface area contributed by atoms with E-state index in [0.717, 1.165) is 5.69 Å². The maximum atomic E-state index is 11.3. The molecule has 68 valence electrons. The van der Waals surface area contributed by atoms with E-state index in [1.54, 1.807) is 0 Å². The minimum Gasteiger partial charge on any atom is -0.330 e. The van der Waals surface area contributed by atoms with Crippen LogP contribution in [0.1, 0.15) is 5.69 Å². The zero-order valence-electron chi connectivity index (χ0n) is 6.87. The number of aromatic nitrogens is 4. The molecule has 0 aromatic carbocycles. The highest BCUT2D eigenvalue weighted by molar-refractivity contribution is 5.76. The molecule has 2 heterocycles. The molecule has 0 amide bonds. The Morgan fingerprint density at radius 2 is 2.38 bits per heavy atom. The molecule has 0 unspecified atom stereocenters. The molecule has 0 spiro atoms. The molecule has 0 saturated heterocycles. The SMILES string of the molecule is NCCc1[nH]nc2nc[nH]c(=O)c12. The Morgan fingerprint density at radius 1 is 1.54 bits per heavy atom. The third-order valence-corrected chi connectivity index (χ3v) is 1.83. The third kappa shape index (κ3) is 1.20. The highest BCUT2D eigenvalue weighted by Crippen LogP contribution is 2.06. The summed E-state index contributed by atoms with van der Waals surface area (Å²) >= 11 is 0. The normalized spacial score (nSPS) is 10.8. The van der Waals surface area contributed by atoms with Crippen LogP contribution in [0.3, 0.4) is 0 Å². The number of nitrogens with two attached hydrogens (primary N) is 1. The van der Waals surface area contributed by atoms with Crippen LogP contribution in [0, 0.1) is 0 Å². The summed E-state index contributed by atoms with van der Waals surface area (Å²) in [6.45, 7) is 0.478. The number of aromatic amines is 2. The molecule has 0 saturated carbocycles. The van der Waals surface area contributed by atoms with E-state index in [-0.39, 0.29) is 5.56 Å². The lowest BCUT2D eigenvalue weighted by atomic mass is 10.2. The van der Waals surface area contributed by atoms with E-state index in [1.807, 2.05) is 0 Å². The number of H-pyrrole nitrogens is 2. The molecular weight excluding hydrogens is 170 g/mol. The largest absolute Gasteiger partial charge is 0.330 e. The van der Waals surface area contributed by atoms with Crippen LogP contribution in [0.2, 0.25) is 0 Å². The van der Waals surface area contributed by atoms with Crippen molar-refractivity contribution in [2.24, 2.45) is 5.73 Å². The van der Waals surface area contributed by atoms with Gasteiger partial charge in [-0.2, -0.15) is 5.10 Å². The maximum Gasteiger partial charge on any atom is 0.262 e. The van der Waals surface area contributed by atoms with Crippen LogP contribution in [-0.4, -0.2) is 26.7 Å². The molecule has 4 N–H and O–H groups in total. The first-order chi connectivity index (χ1) is 6.33. The fraction of sp³-hybridized carbons (Fsp3) is 0.286. The highest BCUT2D eigenvalue weighted by atomic mass is 16.1. The van der Waals surface area contributed by atoms with Gasteiger partial charge in [0.15, 0.2) is 5.65 Å². The first-order valence-electron chi connectivity index (χ1n) is 3.93. The van der Waals surface area contributed by atoms with Gasteiger partial charge in [0.1, 0.15) is 5.39 Å². The van der Waals surface area contributed by atoms with Gasteiger partial charge in [0, 0.05) is 6.42 Å². The Balaban J connectivity index is 2.71. The molecule has 0 bridgehead atoms. The molecule has 2 rings (SSSR count).